The van der Waals surface area contributed by atoms with Gasteiger partial charge in [0, 0.05) is 31.7 Å². The molecular weight excluding hydrogens is 356 g/mol. The monoisotopic (exact) mass is 398 g/mol. The fraction of sp³-hybridized carbons (Fsp3) is 0.600. The summed E-state index contributed by atoms with van der Waals surface area (Å²) < 4.78 is 0. The van der Waals surface area contributed by atoms with Crippen LogP contribution in [0.1, 0.15) is 57.4 Å². The van der Waals surface area contributed by atoms with E-state index in [1.165, 1.54) is 54.9 Å². The number of rotatable bonds is 16. The molecule has 4 nitrogen and oxygen atoms in total. The highest BCUT2D eigenvalue weighted by atomic mass is 15.0. The highest BCUT2D eigenvalue weighted by Crippen LogP contribution is 2.18. The van der Waals surface area contributed by atoms with Crippen molar-refractivity contribution in [2.45, 2.75) is 70.5 Å². The van der Waals surface area contributed by atoms with E-state index in [2.05, 4.69) is 65.3 Å². The third kappa shape index (κ3) is 8.83. The maximum atomic E-state index is 6.02. The van der Waals surface area contributed by atoms with Gasteiger partial charge < -0.3 is 21.7 Å². The molecule has 4 heteroatoms. The average molecular weight is 399 g/mol. The Kier molecular flexibility index (Phi) is 11.9. The van der Waals surface area contributed by atoms with Crippen LogP contribution in [0.15, 0.2) is 42.5 Å². The maximum Gasteiger partial charge on any atom is 0.0214 e. The van der Waals surface area contributed by atoms with Crippen molar-refractivity contribution >= 4 is 10.8 Å². The zero-order valence-corrected chi connectivity index (χ0v) is 18.6. The van der Waals surface area contributed by atoms with Crippen LogP contribution in [-0.4, -0.2) is 38.8 Å². The van der Waals surface area contributed by atoms with Gasteiger partial charge in [-0.3, -0.25) is 0 Å². The first-order valence-corrected chi connectivity index (χ1v) is 11.6. The van der Waals surface area contributed by atoms with Gasteiger partial charge >= 0.3 is 0 Å². The molecule has 0 aliphatic rings. The Morgan fingerprint density at radius 1 is 0.862 bits per heavy atom. The van der Waals surface area contributed by atoms with E-state index in [0.29, 0.717) is 18.6 Å². The summed E-state index contributed by atoms with van der Waals surface area (Å²) >= 11 is 0. The molecule has 0 aliphatic heterocycles. The Balaban J connectivity index is 1.89. The minimum atomic E-state index is 0.417. The van der Waals surface area contributed by atoms with Gasteiger partial charge in [0.2, 0.25) is 0 Å². The Bertz CT molecular complexity index is 667. The van der Waals surface area contributed by atoms with E-state index in [1.54, 1.807) is 0 Å². The van der Waals surface area contributed by atoms with E-state index < -0.39 is 0 Å². The summed E-state index contributed by atoms with van der Waals surface area (Å²) in [5.41, 5.74) is 7.40. The summed E-state index contributed by atoms with van der Waals surface area (Å²) in [4.78, 5) is 0. The number of fused-ring (bicyclic) bond motifs is 1. The summed E-state index contributed by atoms with van der Waals surface area (Å²) in [6.45, 7) is 5.97. The SMILES string of the molecule is CCCCC[C@@H](CN[C@H](CN)CCCCNC)NCc1cccc2ccccc12. The largest absolute Gasteiger partial charge is 0.329 e. The van der Waals surface area contributed by atoms with Gasteiger partial charge in [-0.05, 0) is 49.2 Å². The van der Waals surface area contributed by atoms with Crippen molar-refractivity contribution in [3.05, 3.63) is 48.0 Å². The van der Waals surface area contributed by atoms with Gasteiger partial charge in [-0.2, -0.15) is 0 Å². The molecule has 2 rings (SSSR count). The fourth-order valence-electron chi connectivity index (χ4n) is 3.92. The molecule has 0 unspecified atom stereocenters. The van der Waals surface area contributed by atoms with E-state index in [-0.39, 0.29) is 0 Å². The first-order valence-electron chi connectivity index (χ1n) is 11.6. The van der Waals surface area contributed by atoms with Crippen molar-refractivity contribution in [2.75, 3.05) is 26.7 Å². The molecule has 5 N–H and O–H groups in total. The van der Waals surface area contributed by atoms with Gasteiger partial charge in [0.25, 0.3) is 0 Å². The summed E-state index contributed by atoms with van der Waals surface area (Å²) in [5.74, 6) is 0. The minimum Gasteiger partial charge on any atom is -0.329 e. The highest BCUT2D eigenvalue weighted by Gasteiger charge is 2.12. The second-order valence-corrected chi connectivity index (χ2v) is 8.15. The van der Waals surface area contributed by atoms with E-state index >= 15 is 0 Å². The van der Waals surface area contributed by atoms with Crippen molar-refractivity contribution < 1.29 is 0 Å². The molecule has 0 fully saturated rings. The van der Waals surface area contributed by atoms with Crippen LogP contribution in [0.3, 0.4) is 0 Å². The molecule has 0 spiro atoms. The number of nitrogens with two attached hydrogens (primary N) is 1. The number of nitrogens with one attached hydrogen (secondary N) is 3. The van der Waals surface area contributed by atoms with Crippen LogP contribution in [0.4, 0.5) is 0 Å². The zero-order chi connectivity index (χ0) is 20.7. The summed E-state index contributed by atoms with van der Waals surface area (Å²) in [7, 11) is 2.02. The van der Waals surface area contributed by atoms with Crippen LogP contribution in [-0.2, 0) is 6.54 Å². The molecule has 0 saturated carbocycles. The van der Waals surface area contributed by atoms with Gasteiger partial charge in [-0.15, -0.1) is 0 Å². The third-order valence-corrected chi connectivity index (χ3v) is 5.78. The summed E-state index contributed by atoms with van der Waals surface area (Å²) in [5, 5.41) is 13.5. The Hall–Kier alpha value is -1.46. The van der Waals surface area contributed by atoms with E-state index in [4.69, 9.17) is 5.73 Å². The van der Waals surface area contributed by atoms with Gasteiger partial charge in [0.1, 0.15) is 0 Å². The van der Waals surface area contributed by atoms with E-state index in [1.807, 2.05) is 7.05 Å². The second-order valence-electron chi connectivity index (χ2n) is 8.15. The van der Waals surface area contributed by atoms with Gasteiger partial charge in [0.15, 0.2) is 0 Å². The van der Waals surface area contributed by atoms with Crippen molar-refractivity contribution in [1.29, 1.82) is 0 Å². The lowest BCUT2D eigenvalue weighted by molar-refractivity contribution is 0.388. The molecule has 0 aliphatic carbocycles. The molecule has 2 atom stereocenters. The molecule has 29 heavy (non-hydrogen) atoms. The molecule has 0 bridgehead atoms. The van der Waals surface area contributed by atoms with Crippen LogP contribution in [0.5, 0.6) is 0 Å². The normalized spacial score (nSPS) is 13.6. The quantitative estimate of drug-likeness (QED) is 0.320. The average Bonchev–Trinajstić information content (AvgIpc) is 2.76. The second kappa shape index (κ2) is 14.5. The van der Waals surface area contributed by atoms with E-state index in [0.717, 1.165) is 26.1 Å². The van der Waals surface area contributed by atoms with Crippen molar-refractivity contribution in [2.24, 2.45) is 5.73 Å². The highest BCUT2D eigenvalue weighted by molar-refractivity contribution is 5.85. The number of hydrogen-bond donors (Lipinski definition) is 4. The predicted octanol–water partition coefficient (Wildman–Crippen LogP) is 4.18. The topological polar surface area (TPSA) is 62.1 Å². The van der Waals surface area contributed by atoms with Gasteiger partial charge in [-0.1, -0.05) is 75.1 Å². The molecule has 2 aromatic rings. The summed E-state index contributed by atoms with van der Waals surface area (Å²) in [6.07, 6.45) is 8.65. The molecule has 0 aromatic heterocycles. The first-order chi connectivity index (χ1) is 14.3. The smallest absolute Gasteiger partial charge is 0.0214 e. The standard InChI is InChI=1S/C25H42N4/c1-3-4-5-15-24(20-29-23(18-26)14-8-9-17-27-2)28-19-22-13-10-12-21-11-6-7-16-25(21)22/h6-7,10-13,16,23-24,27-29H,3-5,8-9,14-15,17-20,26H2,1-2H3/t23-,24-/m0/s1. The van der Waals surface area contributed by atoms with Crippen molar-refractivity contribution in [1.82, 2.24) is 16.0 Å². The van der Waals surface area contributed by atoms with Crippen molar-refractivity contribution in [3.63, 3.8) is 0 Å². The van der Waals surface area contributed by atoms with Crippen LogP contribution in [0.2, 0.25) is 0 Å². The number of hydrogen-bond acceptors (Lipinski definition) is 4. The molecular formula is C25H42N4. The summed E-state index contributed by atoms with van der Waals surface area (Å²) in [6, 6.07) is 16.2. The third-order valence-electron chi connectivity index (χ3n) is 5.78. The van der Waals surface area contributed by atoms with Crippen LogP contribution >= 0.6 is 0 Å². The fourth-order valence-corrected chi connectivity index (χ4v) is 3.92. The predicted molar refractivity (Wildman–Crippen MR) is 127 cm³/mol. The van der Waals surface area contributed by atoms with Gasteiger partial charge in [0.05, 0.1) is 0 Å². The lowest BCUT2D eigenvalue weighted by atomic mass is 10.0. The maximum absolute atomic E-state index is 6.02. The van der Waals surface area contributed by atoms with Crippen LogP contribution < -0.4 is 21.7 Å². The lowest BCUT2D eigenvalue weighted by Crippen LogP contribution is -2.45. The molecule has 0 radical (unpaired) electrons. The Labute approximate surface area is 178 Å². The van der Waals surface area contributed by atoms with Crippen LogP contribution in [0.25, 0.3) is 10.8 Å². The molecule has 2 aromatic carbocycles. The Morgan fingerprint density at radius 3 is 2.41 bits per heavy atom. The molecule has 0 heterocycles. The molecule has 0 amide bonds. The van der Waals surface area contributed by atoms with Crippen LogP contribution in [0, 0.1) is 0 Å². The minimum absolute atomic E-state index is 0.417. The Morgan fingerprint density at radius 2 is 1.62 bits per heavy atom. The molecule has 0 saturated heterocycles. The first kappa shape index (κ1) is 23.8. The zero-order valence-electron chi connectivity index (χ0n) is 18.6. The van der Waals surface area contributed by atoms with Gasteiger partial charge in [-0.25, -0.2) is 0 Å². The van der Waals surface area contributed by atoms with Crippen molar-refractivity contribution in [3.8, 4) is 0 Å². The van der Waals surface area contributed by atoms with E-state index in [9.17, 15) is 0 Å². The number of unbranched alkanes of at least 4 members (excludes halogenated alkanes) is 3. The number of benzene rings is 2. The lowest BCUT2D eigenvalue weighted by Gasteiger charge is -2.24. The molecule has 162 valence electrons.